The Kier molecular flexibility index (Phi) is 3.85. The number of sulfonamides is 1. The maximum Gasteiger partial charge on any atom is 0.209 e. The summed E-state index contributed by atoms with van der Waals surface area (Å²) in [5.41, 5.74) is 6.73. The first-order valence-electron chi connectivity index (χ1n) is 6.40. The third-order valence-electron chi connectivity index (χ3n) is 3.01. The first-order valence-corrected chi connectivity index (χ1v) is 8.30. The molecule has 7 nitrogen and oxygen atoms in total. The highest BCUT2D eigenvalue weighted by Crippen LogP contribution is 2.28. The predicted octanol–water partition coefficient (Wildman–Crippen LogP) is 0.955. The van der Waals surface area contributed by atoms with Gasteiger partial charge in [0.25, 0.3) is 0 Å². The van der Waals surface area contributed by atoms with Gasteiger partial charge in [0.1, 0.15) is 11.3 Å². The maximum atomic E-state index is 11.4. The molecule has 0 spiro atoms. The van der Waals surface area contributed by atoms with Crippen molar-refractivity contribution < 1.29 is 13.2 Å². The lowest BCUT2D eigenvalue weighted by atomic mass is 10.1. The van der Waals surface area contributed by atoms with Crippen molar-refractivity contribution >= 4 is 27.0 Å². The highest BCUT2D eigenvalue weighted by atomic mass is 32.2. The molecule has 0 aliphatic rings. The Hall–Kier alpha value is -1.80. The lowest BCUT2D eigenvalue weighted by molar-refractivity contribution is 0.398. The first kappa shape index (κ1) is 15.6. The van der Waals surface area contributed by atoms with Crippen molar-refractivity contribution in [1.29, 1.82) is 0 Å². The van der Waals surface area contributed by atoms with E-state index >= 15 is 0 Å². The lowest BCUT2D eigenvalue weighted by Gasteiger charge is -2.26. The molecule has 0 fully saturated rings. The van der Waals surface area contributed by atoms with Gasteiger partial charge >= 0.3 is 0 Å². The van der Waals surface area contributed by atoms with Crippen LogP contribution in [0.25, 0.3) is 11.0 Å². The highest BCUT2D eigenvalue weighted by Gasteiger charge is 2.25. The van der Waals surface area contributed by atoms with Gasteiger partial charge in [-0.3, -0.25) is 0 Å². The van der Waals surface area contributed by atoms with Crippen LogP contribution in [0.5, 0.6) is 5.75 Å². The summed E-state index contributed by atoms with van der Waals surface area (Å²) in [7, 11) is -1.74. The molecule has 0 radical (unpaired) electrons. The molecule has 21 heavy (non-hydrogen) atoms. The number of nitrogen functional groups attached to an aromatic ring is 1. The smallest absolute Gasteiger partial charge is 0.209 e. The third kappa shape index (κ3) is 3.45. The SMILES string of the molecule is COc1cccc2c1nc(N)n2CC(C)(C)NS(C)(=O)=O. The molecule has 0 bridgehead atoms. The Labute approximate surface area is 124 Å². The normalized spacial score (nSPS) is 12.8. The number of methoxy groups -OCH3 is 1. The zero-order valence-corrected chi connectivity index (χ0v) is 13.4. The number of nitrogens with one attached hydrogen (secondary N) is 1. The van der Waals surface area contributed by atoms with Gasteiger partial charge < -0.3 is 15.0 Å². The molecule has 1 aromatic heterocycles. The largest absolute Gasteiger partial charge is 0.494 e. The highest BCUT2D eigenvalue weighted by molar-refractivity contribution is 7.88. The summed E-state index contributed by atoms with van der Waals surface area (Å²) in [6.45, 7) is 3.94. The molecule has 1 aromatic carbocycles. The number of hydrogen-bond acceptors (Lipinski definition) is 5. The minimum Gasteiger partial charge on any atom is -0.494 e. The second-order valence-electron chi connectivity index (χ2n) is 5.64. The van der Waals surface area contributed by atoms with Crippen LogP contribution in [-0.2, 0) is 16.6 Å². The molecule has 2 aromatic rings. The Morgan fingerprint density at radius 2 is 2.10 bits per heavy atom. The van der Waals surface area contributed by atoms with Crippen LogP contribution >= 0.6 is 0 Å². The molecule has 8 heteroatoms. The van der Waals surface area contributed by atoms with Gasteiger partial charge in [-0.15, -0.1) is 0 Å². The van der Waals surface area contributed by atoms with E-state index in [2.05, 4.69) is 9.71 Å². The summed E-state index contributed by atoms with van der Waals surface area (Å²) < 4.78 is 32.5. The molecule has 2 rings (SSSR count). The number of rotatable bonds is 5. The summed E-state index contributed by atoms with van der Waals surface area (Å²) in [6, 6.07) is 5.52. The molecule has 116 valence electrons. The van der Waals surface area contributed by atoms with Gasteiger partial charge in [-0.05, 0) is 26.0 Å². The van der Waals surface area contributed by atoms with E-state index in [1.807, 2.05) is 12.1 Å². The zero-order valence-electron chi connectivity index (χ0n) is 12.5. The van der Waals surface area contributed by atoms with Gasteiger partial charge in [-0.1, -0.05) is 6.07 Å². The number of hydrogen-bond donors (Lipinski definition) is 2. The van der Waals surface area contributed by atoms with E-state index in [0.717, 1.165) is 11.8 Å². The summed E-state index contributed by atoms with van der Waals surface area (Å²) >= 11 is 0. The molecule has 0 saturated carbocycles. The van der Waals surface area contributed by atoms with E-state index in [-0.39, 0.29) is 0 Å². The van der Waals surface area contributed by atoms with Crippen LogP contribution < -0.4 is 15.2 Å². The van der Waals surface area contributed by atoms with E-state index in [9.17, 15) is 8.42 Å². The molecular weight excluding hydrogens is 292 g/mol. The molecule has 0 amide bonds. The second kappa shape index (κ2) is 5.19. The molecule has 3 N–H and O–H groups in total. The van der Waals surface area contributed by atoms with Gasteiger partial charge in [0.15, 0.2) is 0 Å². The number of nitrogens with zero attached hydrogens (tertiary/aromatic N) is 2. The van der Waals surface area contributed by atoms with Crippen molar-refractivity contribution in [3.05, 3.63) is 18.2 Å². The molecule has 0 saturated heterocycles. The van der Waals surface area contributed by atoms with Crippen LogP contribution in [0.3, 0.4) is 0 Å². The van der Waals surface area contributed by atoms with Crippen LogP contribution in [-0.4, -0.2) is 36.9 Å². The average Bonchev–Trinajstić information content (AvgIpc) is 2.62. The fraction of sp³-hybridized carbons (Fsp3) is 0.462. The summed E-state index contributed by atoms with van der Waals surface area (Å²) in [6.07, 6.45) is 1.13. The maximum absolute atomic E-state index is 11.4. The number of aromatic nitrogens is 2. The molecule has 1 heterocycles. The van der Waals surface area contributed by atoms with Crippen molar-refractivity contribution in [3.63, 3.8) is 0 Å². The van der Waals surface area contributed by atoms with Crippen LogP contribution in [0.2, 0.25) is 0 Å². The molecule has 0 aliphatic carbocycles. The number of imidazole rings is 1. The number of nitrogens with two attached hydrogens (primary N) is 1. The van der Waals surface area contributed by atoms with Crippen molar-refractivity contribution in [1.82, 2.24) is 14.3 Å². The standard InChI is InChI=1S/C13H20N4O3S/c1-13(2,16-21(4,18)19)8-17-9-6-5-7-10(20-3)11(9)15-12(17)14/h5-7,16H,8H2,1-4H3,(H2,14,15). The van der Waals surface area contributed by atoms with E-state index < -0.39 is 15.6 Å². The van der Waals surface area contributed by atoms with Crippen molar-refractivity contribution in [2.24, 2.45) is 0 Å². The van der Waals surface area contributed by atoms with Gasteiger partial charge in [-0.25, -0.2) is 18.1 Å². The summed E-state index contributed by atoms with van der Waals surface area (Å²) in [5.74, 6) is 0.949. The topological polar surface area (TPSA) is 99.2 Å². The number of fused-ring (bicyclic) bond motifs is 1. The van der Waals surface area contributed by atoms with Gasteiger partial charge in [0.05, 0.1) is 18.9 Å². The van der Waals surface area contributed by atoms with Gasteiger partial charge in [0.2, 0.25) is 16.0 Å². The Balaban J connectivity index is 2.45. The lowest BCUT2D eigenvalue weighted by Crippen LogP contribution is -2.46. The number of anilines is 1. The monoisotopic (exact) mass is 312 g/mol. The quantitative estimate of drug-likeness (QED) is 0.856. The van der Waals surface area contributed by atoms with E-state index in [0.29, 0.717) is 23.8 Å². The molecule has 0 atom stereocenters. The Bertz CT molecular complexity index is 765. The van der Waals surface area contributed by atoms with Crippen LogP contribution in [0.1, 0.15) is 13.8 Å². The Morgan fingerprint density at radius 1 is 1.43 bits per heavy atom. The summed E-state index contributed by atoms with van der Waals surface area (Å²) in [5, 5.41) is 0. The predicted molar refractivity (Wildman–Crippen MR) is 82.8 cm³/mol. The molecule has 0 aliphatic heterocycles. The fourth-order valence-electron chi connectivity index (χ4n) is 2.40. The van der Waals surface area contributed by atoms with Crippen LogP contribution in [0.4, 0.5) is 5.95 Å². The minimum absolute atomic E-state index is 0.317. The number of benzene rings is 1. The Morgan fingerprint density at radius 3 is 2.67 bits per heavy atom. The average molecular weight is 312 g/mol. The van der Waals surface area contributed by atoms with E-state index in [1.165, 1.54) is 0 Å². The fourth-order valence-corrected chi connectivity index (χ4v) is 3.47. The van der Waals surface area contributed by atoms with E-state index in [1.54, 1.807) is 31.6 Å². The van der Waals surface area contributed by atoms with E-state index in [4.69, 9.17) is 10.5 Å². The van der Waals surface area contributed by atoms with Crippen molar-refractivity contribution in [2.75, 3.05) is 19.1 Å². The number of ether oxygens (including phenoxy) is 1. The first-order chi connectivity index (χ1) is 9.63. The summed E-state index contributed by atoms with van der Waals surface area (Å²) in [4.78, 5) is 4.30. The van der Waals surface area contributed by atoms with Crippen LogP contribution in [0.15, 0.2) is 18.2 Å². The van der Waals surface area contributed by atoms with Crippen LogP contribution in [0, 0.1) is 0 Å². The van der Waals surface area contributed by atoms with Crippen molar-refractivity contribution in [2.45, 2.75) is 25.9 Å². The molecular formula is C13H20N4O3S. The third-order valence-corrected chi connectivity index (χ3v) is 3.93. The van der Waals surface area contributed by atoms with Gasteiger partial charge in [0, 0.05) is 12.1 Å². The van der Waals surface area contributed by atoms with Crippen molar-refractivity contribution in [3.8, 4) is 5.75 Å². The minimum atomic E-state index is -3.31. The van der Waals surface area contributed by atoms with Gasteiger partial charge in [-0.2, -0.15) is 0 Å². The second-order valence-corrected chi connectivity index (χ2v) is 7.39. The zero-order chi connectivity index (χ0) is 15.8. The number of para-hydroxylation sites is 1. The molecule has 0 unspecified atom stereocenters.